The number of nitrogens with one attached hydrogen (secondary N) is 1. The Hall–Kier alpha value is -1.95. The lowest BCUT2D eigenvalue weighted by atomic mass is 9.86. The highest BCUT2D eigenvalue weighted by atomic mass is 35.5. The van der Waals surface area contributed by atoms with Crippen LogP contribution in [0.25, 0.3) is 0 Å². The van der Waals surface area contributed by atoms with Gasteiger partial charge in [0.15, 0.2) is 0 Å². The number of benzene rings is 2. The molecule has 4 nitrogen and oxygen atoms in total. The van der Waals surface area contributed by atoms with Crippen LogP contribution in [0.1, 0.15) is 31.0 Å². The van der Waals surface area contributed by atoms with Crippen LogP contribution >= 0.6 is 12.4 Å². The molecule has 0 bridgehead atoms. The number of carbonyl (C=O) groups is 1. The van der Waals surface area contributed by atoms with Crippen molar-refractivity contribution in [3.8, 4) is 0 Å². The third kappa shape index (κ3) is 3.34. The minimum absolute atomic E-state index is 0. The summed E-state index contributed by atoms with van der Waals surface area (Å²) in [5.74, 6) is -0.489. The van der Waals surface area contributed by atoms with Gasteiger partial charge in [-0.25, -0.2) is 4.39 Å². The molecule has 2 aromatic rings. The molecule has 26 heavy (non-hydrogen) atoms. The summed E-state index contributed by atoms with van der Waals surface area (Å²) in [6, 6.07) is 13.0. The first-order valence-corrected chi connectivity index (χ1v) is 8.39. The Kier molecular flexibility index (Phi) is 6.06. The molecule has 1 aliphatic heterocycles. The van der Waals surface area contributed by atoms with E-state index in [4.69, 9.17) is 0 Å². The molecule has 0 unspecified atom stereocenters. The van der Waals surface area contributed by atoms with E-state index in [-0.39, 0.29) is 24.9 Å². The van der Waals surface area contributed by atoms with Crippen LogP contribution in [0.4, 0.5) is 10.1 Å². The molecule has 1 amide bonds. The highest BCUT2D eigenvalue weighted by molar-refractivity contribution is 6.08. The van der Waals surface area contributed by atoms with Crippen molar-refractivity contribution in [2.75, 3.05) is 18.5 Å². The molecular formula is C20H24ClFN2O2. The summed E-state index contributed by atoms with van der Waals surface area (Å²) < 4.78 is 13.8. The first-order chi connectivity index (χ1) is 11.9. The minimum atomic E-state index is -0.877. The van der Waals surface area contributed by atoms with Crippen LogP contribution in [0.2, 0.25) is 0 Å². The molecule has 1 aliphatic rings. The predicted molar refractivity (Wildman–Crippen MR) is 103 cm³/mol. The Balaban J connectivity index is 0.00000243. The molecule has 0 radical (unpaired) electrons. The monoisotopic (exact) mass is 378 g/mol. The number of aliphatic hydroxyl groups is 1. The topological polar surface area (TPSA) is 52.6 Å². The number of para-hydroxylation sites is 1. The largest absolute Gasteiger partial charge is 0.389 e. The minimum Gasteiger partial charge on any atom is -0.389 e. The quantitative estimate of drug-likeness (QED) is 0.840. The number of hydrogen-bond donors (Lipinski definition) is 2. The fraction of sp³-hybridized carbons (Fsp3) is 0.350. The first-order valence-electron chi connectivity index (χ1n) is 8.39. The van der Waals surface area contributed by atoms with Crippen molar-refractivity contribution in [2.45, 2.75) is 31.4 Å². The summed E-state index contributed by atoms with van der Waals surface area (Å²) in [6.45, 7) is 4.04. The molecule has 140 valence electrons. The molecule has 0 saturated carbocycles. The smallest absolute Gasteiger partial charge is 0.237 e. The lowest BCUT2D eigenvalue weighted by molar-refractivity contribution is -0.123. The number of rotatable bonds is 5. The standard InChI is InChI=1S/C20H23FN2O2.ClH/c1-20(2)15-9-4-5-10-16(15)23(19(20)25)18(17(24)12-22-3)13-7-6-8-14(21)11-13;/h4-11,17-18,22,24H,12H2,1-3H3;1H/t17-,18+;/m1./s1. The van der Waals surface area contributed by atoms with E-state index in [1.54, 1.807) is 24.1 Å². The summed E-state index contributed by atoms with van der Waals surface area (Å²) in [5, 5.41) is 13.7. The lowest BCUT2D eigenvalue weighted by Crippen LogP contribution is -2.45. The normalized spacial score (nSPS) is 17.4. The van der Waals surface area contributed by atoms with E-state index in [1.807, 2.05) is 38.1 Å². The van der Waals surface area contributed by atoms with Crippen molar-refractivity contribution in [3.63, 3.8) is 0 Å². The van der Waals surface area contributed by atoms with E-state index in [1.165, 1.54) is 12.1 Å². The van der Waals surface area contributed by atoms with Gasteiger partial charge in [0, 0.05) is 12.2 Å². The van der Waals surface area contributed by atoms with E-state index in [2.05, 4.69) is 5.32 Å². The fourth-order valence-corrected chi connectivity index (χ4v) is 3.57. The summed E-state index contributed by atoms with van der Waals surface area (Å²) >= 11 is 0. The maximum atomic E-state index is 13.8. The van der Waals surface area contributed by atoms with Crippen molar-refractivity contribution in [2.24, 2.45) is 0 Å². The zero-order chi connectivity index (χ0) is 18.2. The van der Waals surface area contributed by atoms with Crippen molar-refractivity contribution >= 4 is 24.0 Å². The highest BCUT2D eigenvalue weighted by Gasteiger charge is 2.47. The van der Waals surface area contributed by atoms with E-state index in [9.17, 15) is 14.3 Å². The number of carbonyl (C=O) groups excluding carboxylic acids is 1. The van der Waals surface area contributed by atoms with Gasteiger partial charge in [-0.15, -0.1) is 12.4 Å². The average Bonchev–Trinajstić information content (AvgIpc) is 2.77. The van der Waals surface area contributed by atoms with Gasteiger partial charge in [0.05, 0.1) is 17.6 Å². The maximum absolute atomic E-state index is 13.8. The molecule has 2 aromatic carbocycles. The number of anilines is 1. The van der Waals surface area contributed by atoms with Gasteiger partial charge in [-0.05, 0) is 50.2 Å². The molecule has 2 N–H and O–H groups in total. The molecule has 0 aliphatic carbocycles. The third-order valence-electron chi connectivity index (χ3n) is 4.84. The molecular weight excluding hydrogens is 355 g/mol. The molecule has 3 rings (SSSR count). The van der Waals surface area contributed by atoms with Crippen LogP contribution in [-0.2, 0) is 10.2 Å². The summed E-state index contributed by atoms with van der Waals surface area (Å²) in [6.07, 6.45) is -0.877. The van der Waals surface area contributed by atoms with Gasteiger partial charge in [-0.3, -0.25) is 4.79 Å². The molecule has 0 fully saturated rings. The lowest BCUT2D eigenvalue weighted by Gasteiger charge is -2.33. The Morgan fingerprint density at radius 1 is 1.19 bits per heavy atom. The Morgan fingerprint density at radius 3 is 2.54 bits per heavy atom. The van der Waals surface area contributed by atoms with Gasteiger partial charge in [-0.2, -0.15) is 0 Å². The molecule has 0 aromatic heterocycles. The van der Waals surface area contributed by atoms with Crippen molar-refractivity contribution in [3.05, 3.63) is 65.5 Å². The second-order valence-corrected chi connectivity index (χ2v) is 6.94. The molecule has 6 heteroatoms. The summed E-state index contributed by atoms with van der Waals surface area (Å²) in [7, 11) is 1.73. The van der Waals surface area contributed by atoms with Crippen LogP contribution in [-0.4, -0.2) is 30.7 Å². The molecule has 2 atom stereocenters. The third-order valence-corrected chi connectivity index (χ3v) is 4.84. The summed E-state index contributed by atoms with van der Waals surface area (Å²) in [5.41, 5.74) is 1.56. The van der Waals surface area contributed by atoms with Crippen LogP contribution in [0.3, 0.4) is 0 Å². The van der Waals surface area contributed by atoms with Gasteiger partial charge in [0.25, 0.3) is 0 Å². The highest BCUT2D eigenvalue weighted by Crippen LogP contribution is 2.46. The second-order valence-electron chi connectivity index (χ2n) is 6.94. The van der Waals surface area contributed by atoms with Crippen molar-refractivity contribution in [1.82, 2.24) is 5.32 Å². The van der Waals surface area contributed by atoms with E-state index in [0.29, 0.717) is 5.56 Å². The number of aliphatic hydroxyl groups excluding tert-OH is 1. The van der Waals surface area contributed by atoms with E-state index >= 15 is 0 Å². The second kappa shape index (κ2) is 7.74. The Bertz CT molecular complexity index is 797. The van der Waals surface area contributed by atoms with Crippen LogP contribution in [0, 0.1) is 5.82 Å². The molecule has 0 spiro atoms. The van der Waals surface area contributed by atoms with E-state index in [0.717, 1.165) is 11.3 Å². The van der Waals surface area contributed by atoms with Crippen LogP contribution in [0.15, 0.2) is 48.5 Å². The van der Waals surface area contributed by atoms with Gasteiger partial charge in [-0.1, -0.05) is 30.3 Å². The Labute approximate surface area is 159 Å². The Morgan fingerprint density at radius 2 is 1.88 bits per heavy atom. The van der Waals surface area contributed by atoms with E-state index < -0.39 is 23.4 Å². The number of halogens is 2. The van der Waals surface area contributed by atoms with Gasteiger partial charge in [0.1, 0.15) is 5.82 Å². The zero-order valence-electron chi connectivity index (χ0n) is 15.1. The van der Waals surface area contributed by atoms with Crippen LogP contribution < -0.4 is 10.2 Å². The van der Waals surface area contributed by atoms with Crippen LogP contribution in [0.5, 0.6) is 0 Å². The average molecular weight is 379 g/mol. The number of fused-ring (bicyclic) bond motifs is 1. The van der Waals surface area contributed by atoms with Crippen molar-refractivity contribution < 1.29 is 14.3 Å². The SMILES string of the molecule is CNC[C@@H](O)[C@H](c1cccc(F)c1)N1C(=O)C(C)(C)c2ccccc21.Cl. The van der Waals surface area contributed by atoms with Gasteiger partial charge in [0.2, 0.25) is 5.91 Å². The maximum Gasteiger partial charge on any atom is 0.237 e. The number of likely N-dealkylation sites (N-methyl/N-ethyl adjacent to an activating group) is 1. The molecule has 0 saturated heterocycles. The number of amides is 1. The van der Waals surface area contributed by atoms with Crippen molar-refractivity contribution in [1.29, 1.82) is 0 Å². The number of nitrogens with zero attached hydrogens (tertiary/aromatic N) is 1. The molecule has 1 heterocycles. The number of hydrogen-bond acceptors (Lipinski definition) is 3. The zero-order valence-corrected chi connectivity index (χ0v) is 15.9. The van der Waals surface area contributed by atoms with Gasteiger partial charge >= 0.3 is 0 Å². The summed E-state index contributed by atoms with van der Waals surface area (Å²) in [4.78, 5) is 14.8. The first kappa shape index (κ1) is 20.4. The predicted octanol–water partition coefficient (Wildman–Crippen LogP) is 3.19. The van der Waals surface area contributed by atoms with Gasteiger partial charge < -0.3 is 15.3 Å². The fourth-order valence-electron chi connectivity index (χ4n) is 3.57.